The number of rotatable bonds is 6. The average Bonchev–Trinajstić information content (AvgIpc) is 2.76. The van der Waals surface area contributed by atoms with Crippen LogP contribution >= 0.6 is 0 Å². The minimum absolute atomic E-state index is 0.133. The number of aryl methyl sites for hydroxylation is 1. The van der Waals surface area contributed by atoms with Crippen LogP contribution in [0.4, 0.5) is 10.1 Å². The fourth-order valence-corrected chi connectivity index (χ4v) is 4.15. The Balaban J connectivity index is 1.41. The van der Waals surface area contributed by atoms with Crippen molar-refractivity contribution in [2.24, 2.45) is 5.92 Å². The molecule has 7 nitrogen and oxygen atoms in total. The van der Waals surface area contributed by atoms with Gasteiger partial charge in [0.1, 0.15) is 19.0 Å². The van der Waals surface area contributed by atoms with Gasteiger partial charge in [0.25, 0.3) is 5.88 Å². The molecule has 2 aromatic heterocycles. The van der Waals surface area contributed by atoms with E-state index in [0.717, 1.165) is 43.9 Å². The van der Waals surface area contributed by atoms with Crippen molar-refractivity contribution in [1.29, 1.82) is 0 Å². The van der Waals surface area contributed by atoms with Crippen molar-refractivity contribution >= 4 is 5.69 Å². The molecule has 2 aromatic rings. The summed E-state index contributed by atoms with van der Waals surface area (Å²) in [5.74, 6) is 1.50. The summed E-state index contributed by atoms with van der Waals surface area (Å²) in [4.78, 5) is 11.1. The van der Waals surface area contributed by atoms with Gasteiger partial charge in [0.05, 0.1) is 18.8 Å². The van der Waals surface area contributed by atoms with E-state index in [9.17, 15) is 4.39 Å². The topological polar surface area (TPSA) is 68.7 Å². The second-order valence-electron chi connectivity index (χ2n) is 7.96. The van der Waals surface area contributed by atoms with Crippen LogP contribution in [-0.2, 0) is 0 Å². The van der Waals surface area contributed by atoms with Gasteiger partial charge in [-0.2, -0.15) is 0 Å². The van der Waals surface area contributed by atoms with E-state index in [1.807, 2.05) is 26.0 Å². The zero-order chi connectivity index (χ0) is 21.1. The molecule has 30 heavy (non-hydrogen) atoms. The van der Waals surface area contributed by atoms with Crippen molar-refractivity contribution in [3.05, 3.63) is 35.4 Å². The van der Waals surface area contributed by atoms with Crippen LogP contribution < -0.4 is 19.5 Å². The molecule has 162 valence electrons. The van der Waals surface area contributed by atoms with Crippen LogP contribution in [0.1, 0.15) is 37.2 Å². The predicted molar refractivity (Wildman–Crippen MR) is 112 cm³/mol. The van der Waals surface area contributed by atoms with Gasteiger partial charge >= 0.3 is 0 Å². The minimum Gasteiger partial charge on any atom is -0.484 e. The molecule has 1 fully saturated rings. The average molecular weight is 416 g/mol. The molecule has 4 rings (SSSR count). The lowest BCUT2D eigenvalue weighted by Gasteiger charge is -2.37. The van der Waals surface area contributed by atoms with Gasteiger partial charge in [-0.25, -0.2) is 14.4 Å². The molecule has 2 aliphatic heterocycles. The minimum atomic E-state index is -0.341. The van der Waals surface area contributed by atoms with E-state index in [1.54, 1.807) is 7.11 Å². The molecule has 8 heteroatoms. The summed E-state index contributed by atoms with van der Waals surface area (Å²) in [6.45, 7) is 7.47. The first kappa shape index (κ1) is 20.7. The van der Waals surface area contributed by atoms with Crippen molar-refractivity contribution in [2.45, 2.75) is 32.7 Å². The maximum Gasteiger partial charge on any atom is 0.257 e. The van der Waals surface area contributed by atoms with Gasteiger partial charge in [-0.1, -0.05) is 0 Å². The number of anilines is 1. The number of pyridine rings is 2. The van der Waals surface area contributed by atoms with E-state index in [0.29, 0.717) is 42.3 Å². The first-order chi connectivity index (χ1) is 14.5. The Bertz CT molecular complexity index is 895. The third kappa shape index (κ3) is 4.59. The highest BCUT2D eigenvalue weighted by atomic mass is 19.1. The highest BCUT2D eigenvalue weighted by Gasteiger charge is 2.28. The molecule has 1 unspecified atom stereocenters. The summed E-state index contributed by atoms with van der Waals surface area (Å²) in [6, 6.07) is 5.19. The van der Waals surface area contributed by atoms with Crippen LogP contribution in [0, 0.1) is 18.7 Å². The molecular weight excluding hydrogens is 387 g/mol. The molecular formula is C22H29FN4O3. The van der Waals surface area contributed by atoms with Gasteiger partial charge in [0, 0.05) is 36.6 Å². The van der Waals surface area contributed by atoms with E-state index in [4.69, 9.17) is 14.2 Å². The molecule has 1 saturated heterocycles. The van der Waals surface area contributed by atoms with Crippen molar-refractivity contribution in [1.82, 2.24) is 14.9 Å². The Kier molecular flexibility index (Phi) is 6.22. The summed E-state index contributed by atoms with van der Waals surface area (Å²) >= 11 is 0. The number of aromatic nitrogens is 2. The first-order valence-corrected chi connectivity index (χ1v) is 10.5. The van der Waals surface area contributed by atoms with Gasteiger partial charge in [0.2, 0.25) is 5.88 Å². The van der Waals surface area contributed by atoms with E-state index >= 15 is 0 Å². The summed E-state index contributed by atoms with van der Waals surface area (Å²) in [7, 11) is 1.62. The number of halogens is 1. The number of nitrogens with one attached hydrogen (secondary N) is 1. The molecule has 0 aromatic carbocycles. The van der Waals surface area contributed by atoms with Crippen LogP contribution in [0.15, 0.2) is 18.2 Å². The highest BCUT2D eigenvalue weighted by molar-refractivity contribution is 5.47. The van der Waals surface area contributed by atoms with Gasteiger partial charge in [-0.05, 0) is 45.2 Å². The van der Waals surface area contributed by atoms with Gasteiger partial charge < -0.3 is 19.5 Å². The van der Waals surface area contributed by atoms with E-state index in [2.05, 4.69) is 20.2 Å². The molecule has 2 atom stereocenters. The van der Waals surface area contributed by atoms with Crippen LogP contribution in [0.2, 0.25) is 0 Å². The van der Waals surface area contributed by atoms with Crippen LogP contribution in [0.25, 0.3) is 0 Å². The van der Waals surface area contributed by atoms with Gasteiger partial charge in [-0.3, -0.25) is 4.90 Å². The van der Waals surface area contributed by atoms with Gasteiger partial charge in [-0.15, -0.1) is 0 Å². The fraction of sp³-hybridized carbons (Fsp3) is 0.545. The molecule has 1 N–H and O–H groups in total. The molecule has 0 radical (unpaired) electrons. The Morgan fingerprint density at radius 3 is 2.93 bits per heavy atom. The standard InChI is InChI=1S/C22H29FN4O3/c1-14-9-17(10-20(25-14)28-3)24-12-16-5-4-6-27(13-16)15(2)21-18(23)11-19-22(26-21)30-8-7-29-19/h9-11,15-16H,4-8,12-13H2,1-3H3,(H,24,25)/t15?,16-/m1/s1. The number of ether oxygens (including phenoxy) is 3. The monoisotopic (exact) mass is 416 g/mol. The summed E-state index contributed by atoms with van der Waals surface area (Å²) in [5.41, 5.74) is 2.34. The molecule has 0 bridgehead atoms. The van der Waals surface area contributed by atoms with Crippen LogP contribution in [-0.4, -0.2) is 54.8 Å². The van der Waals surface area contributed by atoms with Crippen LogP contribution in [0.5, 0.6) is 17.5 Å². The maximum absolute atomic E-state index is 14.7. The lowest BCUT2D eigenvalue weighted by atomic mass is 9.96. The van der Waals surface area contributed by atoms with E-state index < -0.39 is 0 Å². The maximum atomic E-state index is 14.7. The summed E-state index contributed by atoms with van der Waals surface area (Å²) in [6.07, 6.45) is 2.20. The Morgan fingerprint density at radius 1 is 1.27 bits per heavy atom. The number of hydrogen-bond donors (Lipinski definition) is 1. The summed E-state index contributed by atoms with van der Waals surface area (Å²) < 4.78 is 30.9. The lowest BCUT2D eigenvalue weighted by molar-refractivity contribution is 0.127. The highest BCUT2D eigenvalue weighted by Crippen LogP contribution is 2.34. The molecule has 0 spiro atoms. The number of piperidine rings is 1. The molecule has 4 heterocycles. The number of hydrogen-bond acceptors (Lipinski definition) is 7. The van der Waals surface area contributed by atoms with Gasteiger partial charge in [0.15, 0.2) is 5.75 Å². The zero-order valence-electron chi connectivity index (χ0n) is 17.8. The van der Waals surface area contributed by atoms with Crippen molar-refractivity contribution in [3.8, 4) is 17.5 Å². The third-order valence-corrected chi connectivity index (χ3v) is 5.74. The van der Waals surface area contributed by atoms with E-state index in [1.165, 1.54) is 6.07 Å². The normalized spacial score (nSPS) is 19.9. The molecule has 0 saturated carbocycles. The third-order valence-electron chi connectivity index (χ3n) is 5.74. The smallest absolute Gasteiger partial charge is 0.257 e. The number of nitrogens with zero attached hydrogens (tertiary/aromatic N) is 3. The van der Waals surface area contributed by atoms with Crippen molar-refractivity contribution in [2.75, 3.05) is 45.3 Å². The Hall–Kier alpha value is -2.61. The van der Waals surface area contributed by atoms with Crippen LogP contribution in [0.3, 0.4) is 0 Å². The molecule has 0 aliphatic carbocycles. The quantitative estimate of drug-likeness (QED) is 0.772. The molecule has 0 amide bonds. The van der Waals surface area contributed by atoms with Crippen molar-refractivity contribution in [3.63, 3.8) is 0 Å². The number of fused-ring (bicyclic) bond motifs is 1. The second-order valence-corrected chi connectivity index (χ2v) is 7.96. The largest absolute Gasteiger partial charge is 0.484 e. The fourth-order valence-electron chi connectivity index (χ4n) is 4.15. The zero-order valence-corrected chi connectivity index (χ0v) is 17.8. The Morgan fingerprint density at radius 2 is 2.10 bits per heavy atom. The number of likely N-dealkylation sites (tertiary alicyclic amines) is 1. The second kappa shape index (κ2) is 9.04. The lowest BCUT2D eigenvalue weighted by Crippen LogP contribution is -2.40. The molecule has 2 aliphatic rings. The summed E-state index contributed by atoms with van der Waals surface area (Å²) in [5, 5.41) is 3.51. The van der Waals surface area contributed by atoms with Crippen molar-refractivity contribution < 1.29 is 18.6 Å². The number of methoxy groups -OCH3 is 1. The van der Waals surface area contributed by atoms with E-state index in [-0.39, 0.29) is 11.9 Å². The first-order valence-electron chi connectivity index (χ1n) is 10.5. The SMILES string of the molecule is COc1cc(NC[C@H]2CCCN(C(C)c3nc4c(cc3F)OCCO4)C2)cc(C)n1. The predicted octanol–water partition coefficient (Wildman–Crippen LogP) is 3.59. The Labute approximate surface area is 176 Å².